The number of aliphatic hydroxyl groups is 1. The van der Waals surface area contributed by atoms with E-state index in [4.69, 9.17) is 0 Å². The van der Waals surface area contributed by atoms with Crippen LogP contribution in [0.5, 0.6) is 0 Å². The van der Waals surface area contributed by atoms with Crippen molar-refractivity contribution in [3.63, 3.8) is 0 Å². The van der Waals surface area contributed by atoms with Crippen LogP contribution in [-0.2, 0) is 19.2 Å². The van der Waals surface area contributed by atoms with Crippen LogP contribution in [0.25, 0.3) is 0 Å². The maximum Gasteiger partial charge on any atom is 0.246 e. The Morgan fingerprint density at radius 3 is 1.95 bits per heavy atom. The largest absolute Gasteiger partial charge is 0.390 e. The highest BCUT2D eigenvalue weighted by molar-refractivity contribution is 5.95. The van der Waals surface area contributed by atoms with Gasteiger partial charge in [0.25, 0.3) is 0 Å². The monoisotopic (exact) mass is 539 g/mol. The van der Waals surface area contributed by atoms with E-state index >= 15 is 0 Å². The first-order valence-electron chi connectivity index (χ1n) is 13.8. The minimum Gasteiger partial charge on any atom is -0.390 e. The molecule has 0 aromatic carbocycles. The van der Waals surface area contributed by atoms with Crippen LogP contribution in [0.1, 0.15) is 67.7 Å². The summed E-state index contributed by atoms with van der Waals surface area (Å²) in [6.07, 6.45) is 2.58. The molecule has 0 aliphatic heterocycles. The van der Waals surface area contributed by atoms with Crippen LogP contribution in [-0.4, -0.2) is 108 Å². The van der Waals surface area contributed by atoms with E-state index in [9.17, 15) is 24.3 Å². The molecule has 0 fully saturated rings. The predicted octanol–water partition coefficient (Wildman–Crippen LogP) is 1.63. The van der Waals surface area contributed by atoms with Crippen molar-refractivity contribution in [1.82, 2.24) is 25.3 Å². The zero-order chi connectivity index (χ0) is 29.7. The topological polar surface area (TPSA) is 122 Å². The van der Waals surface area contributed by atoms with Gasteiger partial charge in [-0.2, -0.15) is 0 Å². The number of nitrogens with one attached hydrogen (secondary N) is 2. The van der Waals surface area contributed by atoms with Gasteiger partial charge in [-0.1, -0.05) is 40.2 Å². The fraction of sp³-hybridized carbons (Fsp3) is 0.786. The fourth-order valence-corrected chi connectivity index (χ4v) is 3.96. The molecule has 6 unspecified atom stereocenters. The third-order valence-corrected chi connectivity index (χ3v) is 7.02. The van der Waals surface area contributed by atoms with Crippen LogP contribution in [0.3, 0.4) is 0 Å². The van der Waals surface area contributed by atoms with E-state index in [1.807, 2.05) is 20.8 Å². The lowest BCUT2D eigenvalue weighted by Crippen LogP contribution is -2.61. The van der Waals surface area contributed by atoms with Crippen LogP contribution in [0, 0.1) is 11.8 Å². The Morgan fingerprint density at radius 2 is 1.50 bits per heavy atom. The maximum absolute atomic E-state index is 13.5. The average Bonchev–Trinajstić information content (AvgIpc) is 2.86. The van der Waals surface area contributed by atoms with Crippen LogP contribution in [0.2, 0.25) is 0 Å². The molecular formula is C28H53N5O5. The zero-order valence-corrected chi connectivity index (χ0v) is 25.3. The van der Waals surface area contributed by atoms with Gasteiger partial charge in [-0.05, 0) is 59.5 Å². The molecule has 10 nitrogen and oxygen atoms in total. The first kappa shape index (κ1) is 35.5. The molecule has 0 heterocycles. The molecule has 10 heteroatoms. The van der Waals surface area contributed by atoms with E-state index < -0.39 is 42.1 Å². The van der Waals surface area contributed by atoms with E-state index in [-0.39, 0.29) is 30.1 Å². The van der Waals surface area contributed by atoms with E-state index in [1.165, 1.54) is 11.9 Å². The number of amides is 4. The second-order valence-corrected chi connectivity index (χ2v) is 10.8. The number of rotatable bonds is 17. The minimum atomic E-state index is -1.21. The molecule has 0 aromatic heterocycles. The average molecular weight is 540 g/mol. The fourth-order valence-electron chi connectivity index (χ4n) is 3.96. The first-order chi connectivity index (χ1) is 17.6. The molecule has 0 bridgehead atoms. The van der Waals surface area contributed by atoms with Gasteiger partial charge in [0, 0.05) is 20.1 Å². The Labute approximate surface area is 230 Å². The smallest absolute Gasteiger partial charge is 0.246 e. The van der Waals surface area contributed by atoms with Crippen LogP contribution in [0.15, 0.2) is 12.7 Å². The standard InChI is InChI=1S/C28H53N5O5/c1-12-15-16-33(14-3)27(37)20(7)29-25(35)22(17-19(6)13-2)30-26(36)23(24(34)18(4)5)32(11)28(38)21(8)31(9)10/h13,18-24,34H,2,12,14-17H2,1,3-11H3,(H,29,35)(H,30,36). The van der Waals surface area contributed by atoms with Crippen molar-refractivity contribution in [2.75, 3.05) is 34.2 Å². The van der Waals surface area contributed by atoms with E-state index in [2.05, 4.69) is 17.2 Å². The first-order valence-corrected chi connectivity index (χ1v) is 13.8. The molecule has 4 amide bonds. The summed E-state index contributed by atoms with van der Waals surface area (Å²) in [4.78, 5) is 57.5. The van der Waals surface area contributed by atoms with E-state index in [0.29, 0.717) is 13.1 Å². The Kier molecular flexibility index (Phi) is 16.1. The normalized spacial score (nSPS) is 16.1. The van der Waals surface area contributed by atoms with Gasteiger partial charge in [0.1, 0.15) is 18.1 Å². The molecular weight excluding hydrogens is 486 g/mol. The highest BCUT2D eigenvalue weighted by atomic mass is 16.3. The third-order valence-electron chi connectivity index (χ3n) is 7.02. The summed E-state index contributed by atoms with van der Waals surface area (Å²) in [5.41, 5.74) is 0. The van der Waals surface area contributed by atoms with Crippen LogP contribution >= 0.6 is 0 Å². The number of likely N-dealkylation sites (N-methyl/N-ethyl adjacent to an activating group) is 3. The molecule has 0 radical (unpaired) electrons. The van der Waals surface area contributed by atoms with Crippen molar-refractivity contribution < 1.29 is 24.3 Å². The summed E-state index contributed by atoms with van der Waals surface area (Å²) in [5, 5.41) is 16.4. The SMILES string of the molecule is C=CC(C)CC(NC(=O)C(C(O)C(C)C)N(C)C(=O)C(C)N(C)C)C(=O)NC(C)C(=O)N(CC)CCCC. The van der Waals surface area contributed by atoms with Gasteiger partial charge in [-0.25, -0.2) is 0 Å². The second kappa shape index (κ2) is 17.2. The highest BCUT2D eigenvalue weighted by Crippen LogP contribution is 2.16. The molecule has 38 heavy (non-hydrogen) atoms. The quantitative estimate of drug-likeness (QED) is 0.242. The predicted molar refractivity (Wildman–Crippen MR) is 151 cm³/mol. The highest BCUT2D eigenvalue weighted by Gasteiger charge is 2.39. The molecule has 0 aliphatic carbocycles. The lowest BCUT2D eigenvalue weighted by molar-refractivity contribution is -0.148. The Balaban J connectivity index is 5.94. The van der Waals surface area contributed by atoms with Crippen molar-refractivity contribution in [2.24, 2.45) is 11.8 Å². The van der Waals surface area contributed by atoms with Gasteiger partial charge in [0.2, 0.25) is 23.6 Å². The van der Waals surface area contributed by atoms with Crippen molar-refractivity contribution >= 4 is 23.6 Å². The summed E-state index contributed by atoms with van der Waals surface area (Å²) < 4.78 is 0. The molecule has 0 rings (SSSR count). The molecule has 0 spiro atoms. The second-order valence-electron chi connectivity index (χ2n) is 10.8. The number of unbranched alkanes of at least 4 members (excludes halogenated alkanes) is 1. The third kappa shape index (κ3) is 10.7. The Hall–Kier alpha value is -2.46. The van der Waals surface area contributed by atoms with Crippen molar-refractivity contribution in [1.29, 1.82) is 0 Å². The summed E-state index contributed by atoms with van der Waals surface area (Å²) in [7, 11) is 4.99. The molecule has 3 N–H and O–H groups in total. The number of hydrogen-bond acceptors (Lipinski definition) is 6. The number of carbonyl (C=O) groups excluding carboxylic acids is 4. The van der Waals surface area contributed by atoms with Crippen molar-refractivity contribution in [2.45, 2.75) is 98.0 Å². The number of allylic oxidation sites excluding steroid dienone is 1. The van der Waals surface area contributed by atoms with Crippen molar-refractivity contribution in [3.05, 3.63) is 12.7 Å². The van der Waals surface area contributed by atoms with Gasteiger partial charge < -0.3 is 25.5 Å². The van der Waals surface area contributed by atoms with Gasteiger partial charge in [-0.15, -0.1) is 6.58 Å². The maximum atomic E-state index is 13.5. The summed E-state index contributed by atoms with van der Waals surface area (Å²) in [6, 6.07) is -3.49. The Bertz CT molecular complexity index is 788. The molecule has 220 valence electrons. The van der Waals surface area contributed by atoms with Crippen LogP contribution in [0.4, 0.5) is 0 Å². The lowest BCUT2D eigenvalue weighted by atomic mass is 9.95. The van der Waals surface area contributed by atoms with E-state index in [0.717, 1.165) is 12.8 Å². The number of hydrogen-bond donors (Lipinski definition) is 3. The molecule has 0 saturated carbocycles. The minimum absolute atomic E-state index is 0.115. The number of aliphatic hydroxyl groups excluding tert-OH is 1. The van der Waals surface area contributed by atoms with Gasteiger partial charge in [0.05, 0.1) is 12.1 Å². The van der Waals surface area contributed by atoms with Gasteiger partial charge in [0.15, 0.2) is 0 Å². The molecule has 0 aliphatic rings. The van der Waals surface area contributed by atoms with Crippen molar-refractivity contribution in [3.8, 4) is 0 Å². The van der Waals surface area contributed by atoms with Crippen LogP contribution < -0.4 is 10.6 Å². The summed E-state index contributed by atoms with van der Waals surface area (Å²) >= 11 is 0. The lowest BCUT2D eigenvalue weighted by Gasteiger charge is -2.36. The Morgan fingerprint density at radius 1 is 0.921 bits per heavy atom. The number of carbonyl (C=O) groups is 4. The molecule has 0 aromatic rings. The van der Waals surface area contributed by atoms with E-state index in [1.54, 1.807) is 57.7 Å². The van der Waals surface area contributed by atoms with Gasteiger partial charge in [-0.3, -0.25) is 24.1 Å². The number of nitrogens with zero attached hydrogens (tertiary/aromatic N) is 3. The summed E-state index contributed by atoms with van der Waals surface area (Å²) in [6.45, 7) is 17.6. The molecule has 0 saturated heterocycles. The van der Waals surface area contributed by atoms with Gasteiger partial charge >= 0.3 is 0 Å². The zero-order valence-electron chi connectivity index (χ0n) is 25.3. The molecule has 6 atom stereocenters. The summed E-state index contributed by atoms with van der Waals surface area (Å²) in [5.74, 6) is -2.10.